The van der Waals surface area contributed by atoms with Crippen molar-refractivity contribution in [3.05, 3.63) is 58.3 Å². The Bertz CT molecular complexity index is 586. The minimum absolute atomic E-state index is 0.255. The van der Waals surface area contributed by atoms with Gasteiger partial charge in [0.05, 0.1) is 11.9 Å². The number of rotatable bonds is 3. The van der Waals surface area contributed by atoms with Crippen LogP contribution in [-0.2, 0) is 4.79 Å². The number of nitrogens with two attached hydrogens (primary N) is 1. The lowest BCUT2D eigenvalue weighted by Gasteiger charge is -2.12. The van der Waals surface area contributed by atoms with Gasteiger partial charge in [-0.3, -0.25) is 4.79 Å². The van der Waals surface area contributed by atoms with Crippen molar-refractivity contribution < 1.29 is 4.79 Å². The molecule has 3 N–H and O–H groups in total. The molecule has 2 rings (SSSR count). The van der Waals surface area contributed by atoms with Crippen molar-refractivity contribution in [2.75, 3.05) is 5.32 Å². The summed E-state index contributed by atoms with van der Waals surface area (Å²) in [7, 11) is 0. The highest BCUT2D eigenvalue weighted by atomic mass is 79.9. The van der Waals surface area contributed by atoms with Crippen molar-refractivity contribution in [3.8, 4) is 0 Å². The van der Waals surface area contributed by atoms with Crippen LogP contribution in [0.15, 0.2) is 47.2 Å². The van der Waals surface area contributed by atoms with Gasteiger partial charge in [0.25, 0.3) is 0 Å². The highest BCUT2D eigenvalue weighted by Crippen LogP contribution is 2.18. The first kappa shape index (κ1) is 13.7. The monoisotopic (exact) mass is 319 g/mol. The third-order valence-corrected chi connectivity index (χ3v) is 3.55. The average molecular weight is 320 g/mol. The number of aromatic nitrogens is 1. The first-order chi connectivity index (χ1) is 9.08. The van der Waals surface area contributed by atoms with Crippen molar-refractivity contribution in [2.24, 2.45) is 5.73 Å². The molecule has 2 aromatic rings. The van der Waals surface area contributed by atoms with E-state index in [1.54, 1.807) is 6.20 Å². The van der Waals surface area contributed by atoms with Crippen LogP contribution in [0, 0.1) is 6.92 Å². The highest BCUT2D eigenvalue weighted by Gasteiger charge is 2.15. The largest absolute Gasteiger partial charge is 0.323 e. The van der Waals surface area contributed by atoms with Gasteiger partial charge >= 0.3 is 0 Å². The Morgan fingerprint density at radius 3 is 2.68 bits per heavy atom. The molecule has 0 radical (unpaired) electrons. The van der Waals surface area contributed by atoms with E-state index in [4.69, 9.17) is 5.73 Å². The number of hydrogen-bond acceptors (Lipinski definition) is 3. The van der Waals surface area contributed by atoms with Crippen LogP contribution in [0.3, 0.4) is 0 Å². The Hall–Kier alpha value is -1.72. The summed E-state index contributed by atoms with van der Waals surface area (Å²) in [6.07, 6.45) is 1.59. The molecule has 5 heteroatoms. The van der Waals surface area contributed by atoms with Gasteiger partial charge in [0.1, 0.15) is 10.6 Å². The van der Waals surface area contributed by atoms with Crippen molar-refractivity contribution in [3.63, 3.8) is 0 Å². The fraction of sp³-hybridized carbons (Fsp3) is 0.143. The van der Waals surface area contributed by atoms with Crippen molar-refractivity contribution in [1.82, 2.24) is 4.98 Å². The first-order valence-corrected chi connectivity index (χ1v) is 6.61. The predicted molar refractivity (Wildman–Crippen MR) is 78.7 cm³/mol. The van der Waals surface area contributed by atoms with Gasteiger partial charge in [0.15, 0.2) is 0 Å². The Balaban J connectivity index is 2.10. The van der Waals surface area contributed by atoms with Crippen molar-refractivity contribution >= 4 is 27.5 Å². The number of anilines is 1. The average Bonchev–Trinajstić information content (AvgIpc) is 2.43. The number of halogens is 1. The van der Waals surface area contributed by atoms with Crippen LogP contribution in [0.5, 0.6) is 0 Å². The molecule has 1 aromatic carbocycles. The number of pyridine rings is 1. The summed E-state index contributed by atoms with van der Waals surface area (Å²) in [6.45, 7) is 1.91. The van der Waals surface area contributed by atoms with Crippen LogP contribution in [-0.4, -0.2) is 10.9 Å². The van der Waals surface area contributed by atoms with Gasteiger partial charge in [-0.15, -0.1) is 0 Å². The number of hydrogen-bond donors (Lipinski definition) is 2. The predicted octanol–water partition coefficient (Wildman–Crippen LogP) is 2.79. The number of benzene rings is 1. The zero-order valence-electron chi connectivity index (χ0n) is 10.4. The maximum absolute atomic E-state index is 12.0. The standard InChI is InChI=1S/C14H14BrN3O/c1-9-7-11(8-17-13(9)15)18-14(19)12(16)10-5-3-2-4-6-10/h2-8,12H,16H2,1H3,(H,18,19)/t12-/m1/s1. The van der Waals surface area contributed by atoms with Crippen molar-refractivity contribution in [2.45, 2.75) is 13.0 Å². The van der Waals surface area contributed by atoms with Gasteiger partial charge in [0, 0.05) is 0 Å². The molecule has 0 bridgehead atoms. The van der Waals surface area contributed by atoms with E-state index in [0.717, 1.165) is 15.7 Å². The molecule has 19 heavy (non-hydrogen) atoms. The number of nitrogens with one attached hydrogen (secondary N) is 1. The Morgan fingerprint density at radius 2 is 2.05 bits per heavy atom. The summed E-state index contributed by atoms with van der Waals surface area (Å²) in [6, 6.07) is 10.4. The van der Waals surface area contributed by atoms with E-state index in [2.05, 4.69) is 26.2 Å². The fourth-order valence-corrected chi connectivity index (χ4v) is 1.88. The van der Waals surface area contributed by atoms with Crippen LogP contribution < -0.4 is 11.1 Å². The van der Waals surface area contributed by atoms with Gasteiger partial charge in [-0.1, -0.05) is 30.3 Å². The molecule has 0 fully saturated rings. The number of nitrogens with zero attached hydrogens (tertiary/aromatic N) is 1. The second-order valence-electron chi connectivity index (χ2n) is 4.21. The molecule has 1 amide bonds. The summed E-state index contributed by atoms with van der Waals surface area (Å²) in [4.78, 5) is 16.2. The topological polar surface area (TPSA) is 68.0 Å². The summed E-state index contributed by atoms with van der Waals surface area (Å²) in [5.41, 5.74) is 8.28. The molecule has 4 nitrogen and oxygen atoms in total. The maximum Gasteiger partial charge on any atom is 0.245 e. The van der Waals surface area contributed by atoms with Crippen LogP contribution in [0.1, 0.15) is 17.2 Å². The van der Waals surface area contributed by atoms with Gasteiger partial charge in [-0.2, -0.15) is 0 Å². The number of amides is 1. The molecule has 1 heterocycles. The first-order valence-electron chi connectivity index (χ1n) is 5.81. The molecule has 0 aliphatic heterocycles. The summed E-state index contributed by atoms with van der Waals surface area (Å²) in [5, 5.41) is 2.76. The molecular formula is C14H14BrN3O. The smallest absolute Gasteiger partial charge is 0.245 e. The lowest BCUT2D eigenvalue weighted by molar-refractivity contribution is -0.117. The third-order valence-electron chi connectivity index (χ3n) is 2.72. The van der Waals surface area contributed by atoms with Gasteiger partial charge in [-0.05, 0) is 40.0 Å². The SMILES string of the molecule is Cc1cc(NC(=O)[C@H](N)c2ccccc2)cnc1Br. The second kappa shape index (κ2) is 5.95. The lowest BCUT2D eigenvalue weighted by Crippen LogP contribution is -2.27. The van der Waals surface area contributed by atoms with Crippen molar-refractivity contribution in [1.29, 1.82) is 0 Å². The number of carbonyl (C=O) groups excluding carboxylic acids is 1. The molecule has 0 saturated heterocycles. The van der Waals surface area contributed by atoms with E-state index in [1.807, 2.05) is 43.3 Å². The fourth-order valence-electron chi connectivity index (χ4n) is 1.66. The summed E-state index contributed by atoms with van der Waals surface area (Å²) >= 11 is 3.31. The Kier molecular flexibility index (Phi) is 4.29. The van der Waals surface area contributed by atoms with E-state index in [9.17, 15) is 4.79 Å². The lowest BCUT2D eigenvalue weighted by atomic mass is 10.1. The highest BCUT2D eigenvalue weighted by molar-refractivity contribution is 9.10. The molecule has 1 atom stereocenters. The molecular weight excluding hydrogens is 306 g/mol. The van der Waals surface area contributed by atoms with Gasteiger partial charge < -0.3 is 11.1 Å². The molecule has 0 unspecified atom stereocenters. The van der Waals surface area contributed by atoms with E-state index in [0.29, 0.717) is 5.69 Å². The molecule has 0 spiro atoms. The zero-order chi connectivity index (χ0) is 13.8. The minimum Gasteiger partial charge on any atom is -0.323 e. The van der Waals surface area contributed by atoms with Crippen LogP contribution in [0.25, 0.3) is 0 Å². The molecule has 0 aliphatic carbocycles. The quantitative estimate of drug-likeness (QED) is 0.855. The maximum atomic E-state index is 12.0. The molecule has 1 aromatic heterocycles. The van der Waals surface area contributed by atoms with Crippen LogP contribution >= 0.6 is 15.9 Å². The second-order valence-corrected chi connectivity index (χ2v) is 4.96. The number of aryl methyl sites for hydroxylation is 1. The van der Waals surface area contributed by atoms with Gasteiger partial charge in [-0.25, -0.2) is 4.98 Å². The zero-order valence-corrected chi connectivity index (χ0v) is 12.0. The minimum atomic E-state index is -0.690. The van der Waals surface area contributed by atoms with Crippen LogP contribution in [0.2, 0.25) is 0 Å². The Morgan fingerprint density at radius 1 is 1.37 bits per heavy atom. The molecule has 0 saturated carbocycles. The molecule has 0 aliphatic rings. The van der Waals surface area contributed by atoms with E-state index < -0.39 is 6.04 Å². The Labute approximate surface area is 120 Å². The van der Waals surface area contributed by atoms with Gasteiger partial charge in [0.2, 0.25) is 5.91 Å². The molecule has 98 valence electrons. The summed E-state index contributed by atoms with van der Waals surface area (Å²) in [5.74, 6) is -0.255. The normalized spacial score (nSPS) is 11.9. The van der Waals surface area contributed by atoms with E-state index >= 15 is 0 Å². The van der Waals surface area contributed by atoms with E-state index in [-0.39, 0.29) is 5.91 Å². The number of carbonyl (C=O) groups is 1. The van der Waals surface area contributed by atoms with E-state index in [1.165, 1.54) is 0 Å². The van der Waals surface area contributed by atoms with Crippen LogP contribution in [0.4, 0.5) is 5.69 Å². The third kappa shape index (κ3) is 3.39. The summed E-state index contributed by atoms with van der Waals surface area (Å²) < 4.78 is 0.762.